The molecule has 2 N–H and O–H groups in total. The van der Waals surface area contributed by atoms with E-state index >= 15 is 0 Å². The van der Waals surface area contributed by atoms with Crippen molar-refractivity contribution in [3.8, 4) is 17.2 Å². The predicted molar refractivity (Wildman–Crippen MR) is 251 cm³/mol. The Morgan fingerprint density at radius 2 is 1.29 bits per heavy atom. The molecule has 0 saturated carbocycles. The van der Waals surface area contributed by atoms with Crippen molar-refractivity contribution in [2.75, 3.05) is 12.4 Å². The first kappa shape index (κ1) is 47.5. The molecule has 0 aliphatic carbocycles. The van der Waals surface area contributed by atoms with Crippen molar-refractivity contribution >= 4 is 119 Å². The smallest absolute Gasteiger partial charge is 0.309 e. The van der Waals surface area contributed by atoms with E-state index in [1.807, 2.05) is 24.3 Å². The molecule has 0 saturated heterocycles. The summed E-state index contributed by atoms with van der Waals surface area (Å²) in [5.74, 6) is 0.728. The number of carbonyl (C=O) groups excluding carboxylic acids is 2. The van der Waals surface area contributed by atoms with Gasteiger partial charge in [-0.05, 0) is 175 Å². The van der Waals surface area contributed by atoms with E-state index in [2.05, 4.69) is 149 Å². The van der Waals surface area contributed by atoms with Crippen LogP contribution in [-0.2, 0) is 22.4 Å². The van der Waals surface area contributed by atoms with Gasteiger partial charge in [0, 0.05) is 17.8 Å². The minimum Gasteiger partial charge on any atom is -0.506 e. The van der Waals surface area contributed by atoms with Gasteiger partial charge in [-0.1, -0.05) is 53.7 Å². The van der Waals surface area contributed by atoms with Crippen molar-refractivity contribution in [3.63, 3.8) is 0 Å². The average molecular weight is 1220 g/mol. The third kappa shape index (κ3) is 14.2. The minimum atomic E-state index is -0.736. The number of phenols is 1. The summed E-state index contributed by atoms with van der Waals surface area (Å²) in [5.41, 5.74) is 1.71. The molecule has 0 aliphatic heterocycles. The first-order valence-corrected chi connectivity index (χ1v) is 21.5. The van der Waals surface area contributed by atoms with Gasteiger partial charge < -0.3 is 19.9 Å². The number of hydrogen-bond donors (Lipinski definition) is 2. The number of phenolic OH excluding ortho intramolecular Hbond substituents is 1. The standard InChI is InChI=1S/C21H22I4O4.C19H21N3O5/c1-21(2,3)10-12(20(27)28-4)5-11-6-16(24)19(17(25)7-11)29-13-8-14(22)18(26)15(23)9-13;1-12-16(21(24)25)9-14(10-17(12)22(26)27)18(23)20-15-7-5-13(6-8-15)11-19(2,3)4/h6-9,12,26H,5,10H2,1-4H3;5-10H,11H2,1-4H3,(H,20,23). The minimum absolute atomic E-state index is 0.0371. The summed E-state index contributed by atoms with van der Waals surface area (Å²) >= 11 is 8.71. The summed E-state index contributed by atoms with van der Waals surface area (Å²) in [6.45, 7) is 14.1. The van der Waals surface area contributed by atoms with Gasteiger partial charge in [-0.25, -0.2) is 0 Å². The third-order valence-corrected chi connectivity index (χ3v) is 11.3. The lowest BCUT2D eigenvalue weighted by molar-refractivity contribution is -0.395. The average Bonchev–Trinajstić information content (AvgIpc) is 3.07. The number of anilines is 1. The van der Waals surface area contributed by atoms with Gasteiger partial charge in [-0.3, -0.25) is 29.8 Å². The van der Waals surface area contributed by atoms with Crippen LogP contribution in [0.4, 0.5) is 17.1 Å². The van der Waals surface area contributed by atoms with Gasteiger partial charge in [0.15, 0.2) is 5.75 Å². The van der Waals surface area contributed by atoms with Crippen LogP contribution in [0.1, 0.15) is 75.0 Å². The van der Waals surface area contributed by atoms with Crippen molar-refractivity contribution in [2.24, 2.45) is 16.7 Å². The van der Waals surface area contributed by atoms with E-state index in [1.165, 1.54) is 14.0 Å². The van der Waals surface area contributed by atoms with E-state index in [0.29, 0.717) is 17.9 Å². The molecule has 0 aromatic heterocycles. The number of ether oxygens (including phenoxy) is 2. The number of methoxy groups -OCH3 is 1. The molecule has 0 aliphatic rings. The van der Waals surface area contributed by atoms with Crippen LogP contribution in [0, 0.1) is 58.2 Å². The fraction of sp³-hybridized carbons (Fsp3) is 0.350. The quantitative estimate of drug-likeness (QED) is 0.0642. The lowest BCUT2D eigenvalue weighted by Crippen LogP contribution is -2.24. The van der Waals surface area contributed by atoms with E-state index in [-0.39, 0.29) is 39.6 Å². The molecule has 4 rings (SSSR count). The molecule has 4 aromatic carbocycles. The lowest BCUT2D eigenvalue weighted by atomic mass is 9.82. The lowest BCUT2D eigenvalue weighted by Gasteiger charge is -2.24. The second-order valence-electron chi connectivity index (χ2n) is 15.5. The van der Waals surface area contributed by atoms with Gasteiger partial charge in [-0.15, -0.1) is 0 Å². The van der Waals surface area contributed by atoms with E-state index in [1.54, 1.807) is 12.1 Å². The van der Waals surface area contributed by atoms with E-state index in [0.717, 1.165) is 56.1 Å². The Morgan fingerprint density at radius 1 is 0.786 bits per heavy atom. The Labute approximate surface area is 381 Å². The Kier molecular flexibility index (Phi) is 17.1. The highest BCUT2D eigenvalue weighted by Crippen LogP contribution is 2.38. The zero-order chi connectivity index (χ0) is 42.3. The van der Waals surface area contributed by atoms with Crippen LogP contribution < -0.4 is 10.1 Å². The zero-order valence-electron chi connectivity index (χ0n) is 32.1. The number of benzene rings is 4. The van der Waals surface area contributed by atoms with Crippen LogP contribution in [-0.4, -0.2) is 33.9 Å². The molecule has 0 fully saturated rings. The maximum Gasteiger partial charge on any atom is 0.309 e. The van der Waals surface area contributed by atoms with Crippen LogP contribution in [0.5, 0.6) is 17.2 Å². The highest BCUT2D eigenvalue weighted by Gasteiger charge is 2.27. The Morgan fingerprint density at radius 3 is 1.71 bits per heavy atom. The summed E-state index contributed by atoms with van der Waals surface area (Å²) in [4.78, 5) is 45.5. The molecular formula is C40H43I4N3O9. The Balaban J connectivity index is 0.000000301. The molecular weight excluding hydrogens is 1170 g/mol. The number of hydrogen-bond acceptors (Lipinski definition) is 9. The van der Waals surface area contributed by atoms with Crippen LogP contribution in [0.3, 0.4) is 0 Å². The van der Waals surface area contributed by atoms with Gasteiger partial charge in [-0.2, -0.15) is 0 Å². The number of rotatable bonds is 11. The molecule has 0 heterocycles. The van der Waals surface area contributed by atoms with Gasteiger partial charge in [0.1, 0.15) is 17.1 Å². The number of halogens is 4. The molecule has 16 heteroatoms. The van der Waals surface area contributed by atoms with E-state index in [4.69, 9.17) is 9.47 Å². The van der Waals surface area contributed by atoms with Gasteiger partial charge in [0.05, 0.1) is 42.7 Å². The summed E-state index contributed by atoms with van der Waals surface area (Å²) in [5, 5.41) is 34.8. The topological polar surface area (TPSA) is 171 Å². The highest BCUT2D eigenvalue weighted by molar-refractivity contribution is 14.1. The molecule has 1 atom stereocenters. The van der Waals surface area contributed by atoms with Crippen LogP contribution >= 0.6 is 90.4 Å². The van der Waals surface area contributed by atoms with Crippen LogP contribution in [0.15, 0.2) is 60.7 Å². The molecule has 300 valence electrons. The first-order chi connectivity index (χ1) is 25.9. The number of carbonyl (C=O) groups is 2. The monoisotopic (exact) mass is 1220 g/mol. The molecule has 4 aromatic rings. The predicted octanol–water partition coefficient (Wildman–Crippen LogP) is 12.0. The molecule has 1 amide bonds. The largest absolute Gasteiger partial charge is 0.506 e. The molecule has 0 spiro atoms. The van der Waals surface area contributed by atoms with Crippen molar-refractivity contribution < 1.29 is 34.0 Å². The maximum atomic E-state index is 12.4. The molecule has 0 radical (unpaired) electrons. The van der Waals surface area contributed by atoms with Crippen LogP contribution in [0.2, 0.25) is 0 Å². The summed E-state index contributed by atoms with van der Waals surface area (Å²) in [6.07, 6.45) is 2.26. The first-order valence-electron chi connectivity index (χ1n) is 17.1. The van der Waals surface area contributed by atoms with Gasteiger partial charge in [0.25, 0.3) is 17.3 Å². The normalized spacial score (nSPS) is 11.9. The van der Waals surface area contributed by atoms with Crippen molar-refractivity contribution in [1.29, 1.82) is 0 Å². The number of aromatic hydroxyl groups is 1. The number of nitrogens with one attached hydrogen (secondary N) is 1. The zero-order valence-corrected chi connectivity index (χ0v) is 40.7. The number of esters is 1. The van der Waals surface area contributed by atoms with E-state index in [9.17, 15) is 34.9 Å². The number of nitro benzene ring substituents is 2. The molecule has 0 bridgehead atoms. The van der Waals surface area contributed by atoms with Gasteiger partial charge >= 0.3 is 5.97 Å². The van der Waals surface area contributed by atoms with Crippen molar-refractivity contribution in [1.82, 2.24) is 0 Å². The second-order valence-corrected chi connectivity index (χ2v) is 20.1. The fourth-order valence-electron chi connectivity index (χ4n) is 5.69. The Hall–Kier alpha value is -2.86. The Bertz CT molecular complexity index is 2030. The van der Waals surface area contributed by atoms with Crippen LogP contribution in [0.25, 0.3) is 0 Å². The van der Waals surface area contributed by atoms with Gasteiger partial charge in [0.2, 0.25) is 0 Å². The number of nitro groups is 2. The fourth-order valence-corrected chi connectivity index (χ4v) is 9.52. The summed E-state index contributed by atoms with van der Waals surface area (Å²) in [7, 11) is 1.45. The number of nitrogens with zero attached hydrogens (tertiary/aromatic N) is 2. The maximum absolute atomic E-state index is 12.4. The second kappa shape index (κ2) is 20.2. The SMILES string of the molecule is COC(=O)C(Cc1cc(I)c(Oc2cc(I)c(O)c(I)c2)c(I)c1)CC(C)(C)C.Cc1c([N+](=O)[O-])cc(C(=O)Nc2ccc(CC(C)(C)C)cc2)cc1[N+](=O)[O-]. The highest BCUT2D eigenvalue weighted by atomic mass is 127. The molecule has 12 nitrogen and oxygen atoms in total. The third-order valence-electron chi connectivity index (χ3n) is 8.10. The number of amides is 1. The van der Waals surface area contributed by atoms with Crippen molar-refractivity contribution in [3.05, 3.63) is 117 Å². The van der Waals surface area contributed by atoms with E-state index < -0.39 is 27.1 Å². The molecule has 56 heavy (non-hydrogen) atoms. The summed E-state index contributed by atoms with van der Waals surface area (Å²) in [6, 6.07) is 17.1. The van der Waals surface area contributed by atoms with Crippen molar-refractivity contribution in [2.45, 2.75) is 67.7 Å². The summed E-state index contributed by atoms with van der Waals surface area (Å²) < 4.78 is 14.6. The molecule has 1 unspecified atom stereocenters.